The molecule has 1 aromatic heterocycles. The first-order chi connectivity index (χ1) is 19.6. The molecule has 4 unspecified atom stereocenters. The second-order valence-corrected chi connectivity index (χ2v) is 12.0. The summed E-state index contributed by atoms with van der Waals surface area (Å²) < 4.78 is 11.6. The lowest BCUT2D eigenvalue weighted by Crippen LogP contribution is -2.45. The molecule has 13 heteroatoms. The Bertz CT molecular complexity index is 1250. The number of amides is 3. The van der Waals surface area contributed by atoms with E-state index < -0.39 is 10.2 Å². The topological polar surface area (TPSA) is 130 Å². The number of rotatable bonds is 13. The number of thiol groups is 1. The third-order valence-corrected chi connectivity index (χ3v) is 6.80. The number of para-hydroxylation sites is 1. The van der Waals surface area contributed by atoms with Crippen LogP contribution in [-0.4, -0.2) is 71.0 Å². The number of benzene rings is 1. The van der Waals surface area contributed by atoms with Crippen molar-refractivity contribution in [3.05, 3.63) is 60.3 Å². The maximum Gasteiger partial charge on any atom is 0.245 e. The lowest BCUT2D eigenvalue weighted by atomic mass is 9.96. The van der Waals surface area contributed by atoms with Crippen LogP contribution in [0.5, 0.6) is 0 Å². The number of alkyl halides is 1. The van der Waals surface area contributed by atoms with Crippen LogP contribution in [0.15, 0.2) is 60.3 Å². The van der Waals surface area contributed by atoms with Crippen molar-refractivity contribution in [1.82, 2.24) is 15.2 Å². The SMILES string of the molecule is CC(=O)NCC(C)(F)P.CCN(C=O)/C(=C\C#N)C(C)(S)C(C)Nc1cccc(NC(=O)CN(C)c2ccccc2)n1. The highest BCUT2D eigenvalue weighted by Gasteiger charge is 2.34. The van der Waals surface area contributed by atoms with Crippen molar-refractivity contribution in [3.8, 4) is 6.07 Å². The van der Waals surface area contributed by atoms with Gasteiger partial charge in [-0.15, -0.1) is 0 Å². The summed E-state index contributed by atoms with van der Waals surface area (Å²) in [7, 11) is 3.85. The first-order valence-corrected chi connectivity index (χ1v) is 14.2. The molecule has 3 N–H and O–H groups in total. The molecule has 1 aromatic carbocycles. The van der Waals surface area contributed by atoms with Gasteiger partial charge in [0.1, 0.15) is 17.0 Å². The molecular weight excluding hydrogens is 576 g/mol. The minimum Gasteiger partial charge on any atom is -0.366 e. The normalized spacial score (nSPS) is 14.3. The van der Waals surface area contributed by atoms with E-state index in [1.54, 1.807) is 18.2 Å². The summed E-state index contributed by atoms with van der Waals surface area (Å²) in [6, 6.07) is 16.6. The van der Waals surface area contributed by atoms with E-state index in [1.807, 2.05) is 78.4 Å². The summed E-state index contributed by atoms with van der Waals surface area (Å²) in [6.45, 7) is 8.92. The predicted molar refractivity (Wildman–Crippen MR) is 173 cm³/mol. The molecule has 2 aromatic rings. The first kappa shape index (κ1) is 36.3. The standard InChI is InChI=1S/C24H30N6O2S.C5H11FNOP/c1-5-30(17-31)20(14-15-25)24(3,33)18(2)26-21-12-9-13-22(27-21)28-23(32)16-29(4)19-10-7-6-8-11-19;1-4(8)7-3-5(2,6)9/h6-14,17-18,33H,5,16H2,1-4H3,(H2,26,27,28,32);3,9H2,1-2H3,(H,7,8)/b20-14-;. The lowest BCUT2D eigenvalue weighted by Gasteiger charge is -2.37. The van der Waals surface area contributed by atoms with Gasteiger partial charge in [0.2, 0.25) is 18.2 Å². The number of carbonyl (C=O) groups excluding carboxylic acids is 3. The Hall–Kier alpha value is -3.68. The van der Waals surface area contributed by atoms with Gasteiger partial charge in [0, 0.05) is 44.0 Å². The van der Waals surface area contributed by atoms with E-state index in [0.29, 0.717) is 30.3 Å². The number of aromatic nitrogens is 1. The van der Waals surface area contributed by atoms with Gasteiger partial charge in [-0.25, -0.2) is 9.37 Å². The second kappa shape index (κ2) is 17.3. The smallest absolute Gasteiger partial charge is 0.245 e. The van der Waals surface area contributed by atoms with Crippen LogP contribution in [-0.2, 0) is 14.4 Å². The zero-order valence-electron chi connectivity index (χ0n) is 24.9. The van der Waals surface area contributed by atoms with Crippen molar-refractivity contribution < 1.29 is 18.8 Å². The summed E-state index contributed by atoms with van der Waals surface area (Å²) in [5.41, 5.74) is 1.43. The van der Waals surface area contributed by atoms with Crippen molar-refractivity contribution >= 4 is 57.4 Å². The molecule has 1 heterocycles. The molecular formula is C29H41FN7O3PS. The molecule has 0 bridgehead atoms. The van der Waals surface area contributed by atoms with Gasteiger partial charge in [0.05, 0.1) is 23.9 Å². The Morgan fingerprint density at radius 3 is 2.31 bits per heavy atom. The fraction of sp³-hybridized carbons (Fsp3) is 0.414. The van der Waals surface area contributed by atoms with Crippen LogP contribution in [0.1, 0.15) is 34.6 Å². The van der Waals surface area contributed by atoms with E-state index in [-0.39, 0.29) is 30.9 Å². The molecule has 0 saturated carbocycles. The van der Waals surface area contributed by atoms with Gasteiger partial charge in [-0.05, 0) is 52.0 Å². The van der Waals surface area contributed by atoms with Gasteiger partial charge >= 0.3 is 0 Å². The summed E-state index contributed by atoms with van der Waals surface area (Å²) in [6.07, 6.45) is 2.02. The summed E-state index contributed by atoms with van der Waals surface area (Å²) >= 11 is 4.76. The maximum absolute atomic E-state index is 12.5. The fourth-order valence-electron chi connectivity index (χ4n) is 3.52. The quantitative estimate of drug-likeness (QED) is 0.115. The molecule has 0 aliphatic rings. The van der Waals surface area contributed by atoms with Gasteiger partial charge < -0.3 is 25.8 Å². The van der Waals surface area contributed by atoms with Gasteiger partial charge in [-0.1, -0.05) is 33.5 Å². The zero-order chi connectivity index (χ0) is 31.9. The number of nitrogens with zero attached hydrogens (tertiary/aromatic N) is 4. The maximum atomic E-state index is 12.5. The van der Waals surface area contributed by atoms with E-state index in [2.05, 4.69) is 20.9 Å². The van der Waals surface area contributed by atoms with Crippen LogP contribution in [0.2, 0.25) is 0 Å². The molecule has 0 fully saturated rings. The van der Waals surface area contributed by atoms with Crippen LogP contribution >= 0.6 is 21.9 Å². The third-order valence-electron chi connectivity index (χ3n) is 5.98. The summed E-state index contributed by atoms with van der Waals surface area (Å²) in [5.74, 6) is 0.543. The highest BCUT2D eigenvalue weighted by molar-refractivity contribution is 7.82. The number of halogens is 1. The van der Waals surface area contributed by atoms with Crippen molar-refractivity contribution in [1.29, 1.82) is 5.26 Å². The largest absolute Gasteiger partial charge is 0.366 e. The molecule has 3 amide bonds. The fourth-order valence-corrected chi connectivity index (χ4v) is 3.88. The number of allylic oxidation sites excluding steroid dienone is 1. The molecule has 10 nitrogen and oxygen atoms in total. The predicted octanol–water partition coefficient (Wildman–Crippen LogP) is 4.21. The Kier molecular flexibility index (Phi) is 15.0. The lowest BCUT2D eigenvalue weighted by molar-refractivity contribution is -0.119. The number of hydrogen-bond donors (Lipinski definition) is 4. The van der Waals surface area contributed by atoms with Crippen LogP contribution in [0.4, 0.5) is 21.7 Å². The number of anilines is 3. The Morgan fingerprint density at radius 1 is 1.19 bits per heavy atom. The van der Waals surface area contributed by atoms with E-state index in [4.69, 9.17) is 12.6 Å². The van der Waals surface area contributed by atoms with Crippen molar-refractivity contribution in [2.45, 2.75) is 50.8 Å². The van der Waals surface area contributed by atoms with E-state index in [0.717, 1.165) is 5.69 Å². The molecule has 0 aliphatic heterocycles. The molecule has 42 heavy (non-hydrogen) atoms. The van der Waals surface area contributed by atoms with Crippen LogP contribution in [0.25, 0.3) is 0 Å². The number of nitriles is 1. The molecule has 0 aliphatic carbocycles. The van der Waals surface area contributed by atoms with Crippen LogP contribution < -0.4 is 20.9 Å². The molecule has 0 radical (unpaired) electrons. The van der Waals surface area contributed by atoms with E-state index in [9.17, 15) is 24.0 Å². The van der Waals surface area contributed by atoms with Gasteiger partial charge in [0.15, 0.2) is 0 Å². The average Bonchev–Trinajstić information content (AvgIpc) is 2.92. The Balaban J connectivity index is 0.000000844. The van der Waals surface area contributed by atoms with Crippen LogP contribution in [0.3, 0.4) is 0 Å². The highest BCUT2D eigenvalue weighted by Crippen LogP contribution is 2.32. The Labute approximate surface area is 255 Å². The summed E-state index contributed by atoms with van der Waals surface area (Å²) in [5, 5.41) is 16.2. The van der Waals surface area contributed by atoms with Gasteiger partial charge in [0.25, 0.3) is 0 Å². The Morgan fingerprint density at radius 2 is 1.81 bits per heavy atom. The number of likely N-dealkylation sites (N-methyl/N-ethyl adjacent to an activating group) is 1. The van der Waals surface area contributed by atoms with Crippen molar-refractivity contribution in [2.24, 2.45) is 0 Å². The van der Waals surface area contributed by atoms with Crippen molar-refractivity contribution in [3.63, 3.8) is 0 Å². The molecule has 4 atom stereocenters. The third kappa shape index (κ3) is 12.9. The minimum atomic E-state index is -1.38. The highest BCUT2D eigenvalue weighted by atomic mass is 32.1. The number of pyridine rings is 1. The van der Waals surface area contributed by atoms with E-state index >= 15 is 0 Å². The number of carbonyl (C=O) groups is 3. The molecule has 0 spiro atoms. The minimum absolute atomic E-state index is 0.0486. The molecule has 2 rings (SSSR count). The van der Waals surface area contributed by atoms with Gasteiger partial charge in [-0.2, -0.15) is 17.9 Å². The molecule has 228 valence electrons. The monoisotopic (exact) mass is 617 g/mol. The summed E-state index contributed by atoms with van der Waals surface area (Å²) in [4.78, 5) is 41.9. The zero-order valence-corrected chi connectivity index (χ0v) is 26.9. The van der Waals surface area contributed by atoms with Crippen LogP contribution in [0, 0.1) is 11.3 Å². The number of nitrogens with one attached hydrogen (secondary N) is 3. The first-order valence-electron chi connectivity index (χ1n) is 13.2. The molecule has 0 saturated heterocycles. The number of hydrogen-bond acceptors (Lipinski definition) is 8. The van der Waals surface area contributed by atoms with Gasteiger partial charge in [-0.3, -0.25) is 14.4 Å². The second-order valence-electron chi connectivity index (χ2n) is 9.90. The average molecular weight is 618 g/mol. The van der Waals surface area contributed by atoms with Crippen molar-refractivity contribution in [2.75, 3.05) is 42.2 Å². The van der Waals surface area contributed by atoms with E-state index in [1.165, 1.54) is 24.8 Å².